The van der Waals surface area contributed by atoms with Crippen molar-refractivity contribution >= 4 is 17.7 Å². The van der Waals surface area contributed by atoms with Gasteiger partial charge >= 0.3 is 0 Å². The number of amides is 3. The molecular weight excluding hydrogens is 448 g/mol. The quantitative estimate of drug-likeness (QED) is 0.272. The van der Waals surface area contributed by atoms with E-state index in [1.807, 2.05) is 0 Å². The highest BCUT2D eigenvalue weighted by molar-refractivity contribution is 5.98. The Labute approximate surface area is 194 Å². The Morgan fingerprint density at radius 2 is 1.76 bits per heavy atom. The first kappa shape index (κ1) is 26.0. The summed E-state index contributed by atoms with van der Waals surface area (Å²) in [4.78, 5) is 36.4. The average Bonchev–Trinajstić information content (AvgIpc) is 3.23. The number of carbonyl (C=O) groups excluding carboxylic acids is 3. The summed E-state index contributed by atoms with van der Waals surface area (Å²) >= 11 is 0. The van der Waals surface area contributed by atoms with Crippen LogP contribution >= 0.6 is 0 Å². The van der Waals surface area contributed by atoms with Crippen molar-refractivity contribution in [1.29, 1.82) is 0 Å². The van der Waals surface area contributed by atoms with Crippen LogP contribution in [0.3, 0.4) is 0 Å². The molecule has 1 aromatic carbocycles. The maximum atomic E-state index is 14.0. The van der Waals surface area contributed by atoms with Gasteiger partial charge in [0.1, 0.15) is 11.6 Å². The third kappa shape index (κ3) is 6.40. The van der Waals surface area contributed by atoms with E-state index in [-0.39, 0.29) is 5.56 Å². The zero-order valence-electron chi connectivity index (χ0n) is 18.6. The fourth-order valence-corrected chi connectivity index (χ4v) is 3.13. The first-order valence-corrected chi connectivity index (χ1v) is 10.1. The van der Waals surface area contributed by atoms with Gasteiger partial charge in [-0.1, -0.05) is 12.8 Å². The van der Waals surface area contributed by atoms with Gasteiger partial charge in [0, 0.05) is 31.3 Å². The first-order valence-electron chi connectivity index (χ1n) is 10.1. The predicted octanol–water partition coefficient (Wildman–Crippen LogP) is 0.977. The molecule has 0 aliphatic carbocycles. The molecule has 2 unspecified atom stereocenters. The number of halogens is 2. The summed E-state index contributed by atoms with van der Waals surface area (Å²) in [6.07, 6.45) is -0.300. The lowest BCUT2D eigenvalue weighted by atomic mass is 9.86. The molecule has 2 aromatic rings. The van der Waals surface area contributed by atoms with Crippen molar-refractivity contribution in [1.82, 2.24) is 25.9 Å². The number of hydroxylamine groups is 1. The van der Waals surface area contributed by atoms with Gasteiger partial charge in [0.05, 0.1) is 11.8 Å². The summed E-state index contributed by atoms with van der Waals surface area (Å²) in [5.41, 5.74) is 0.117. The van der Waals surface area contributed by atoms with Gasteiger partial charge in [0.15, 0.2) is 0 Å². The highest BCUT2D eigenvalue weighted by atomic mass is 19.3. The van der Waals surface area contributed by atoms with E-state index in [4.69, 9.17) is 5.21 Å². The number of nitrogens with zero attached hydrogens (tertiary/aromatic N) is 2. The van der Waals surface area contributed by atoms with Crippen LogP contribution in [-0.2, 0) is 16.6 Å². The Balaban J connectivity index is 2.21. The van der Waals surface area contributed by atoms with E-state index < -0.39 is 42.1 Å². The SMILES string of the molecule is CCC(NC(C)=O)(C(F)F)C(NC(=O)c1ccc(C#CC#Cc2cnn(C)c2)cc1)C(=O)NO. The lowest BCUT2D eigenvalue weighted by Gasteiger charge is -2.38. The number of alkyl halides is 2. The van der Waals surface area contributed by atoms with Gasteiger partial charge in [0.2, 0.25) is 5.91 Å². The first-order chi connectivity index (χ1) is 16.1. The van der Waals surface area contributed by atoms with Gasteiger partial charge in [-0.05, 0) is 48.4 Å². The molecule has 2 rings (SSSR count). The van der Waals surface area contributed by atoms with E-state index in [0.717, 1.165) is 6.92 Å². The zero-order valence-corrected chi connectivity index (χ0v) is 18.6. The molecule has 0 radical (unpaired) electrons. The largest absolute Gasteiger partial charge is 0.343 e. The minimum atomic E-state index is -3.23. The van der Waals surface area contributed by atoms with E-state index >= 15 is 0 Å². The van der Waals surface area contributed by atoms with Crippen LogP contribution in [0.1, 0.15) is 41.8 Å². The van der Waals surface area contributed by atoms with Gasteiger partial charge in [-0.15, -0.1) is 0 Å². The number of nitrogens with one attached hydrogen (secondary N) is 3. The van der Waals surface area contributed by atoms with Crippen molar-refractivity contribution in [2.75, 3.05) is 0 Å². The maximum Gasteiger partial charge on any atom is 0.268 e. The van der Waals surface area contributed by atoms with Crippen molar-refractivity contribution in [3.63, 3.8) is 0 Å². The van der Waals surface area contributed by atoms with E-state index in [9.17, 15) is 23.2 Å². The summed E-state index contributed by atoms with van der Waals surface area (Å²) in [5, 5.41) is 17.3. The maximum absolute atomic E-state index is 14.0. The summed E-state index contributed by atoms with van der Waals surface area (Å²) in [5.74, 6) is 7.96. The van der Waals surface area contributed by atoms with Gasteiger partial charge in [0.25, 0.3) is 18.2 Å². The van der Waals surface area contributed by atoms with E-state index in [2.05, 4.69) is 39.4 Å². The Hall–Kier alpha value is -4.22. The Morgan fingerprint density at radius 1 is 1.15 bits per heavy atom. The molecule has 3 amide bonds. The molecule has 0 saturated carbocycles. The molecular formula is C23H23F2N5O4. The number of aryl methyl sites for hydroxylation is 1. The summed E-state index contributed by atoms with van der Waals surface area (Å²) < 4.78 is 29.5. The van der Waals surface area contributed by atoms with E-state index in [1.165, 1.54) is 36.7 Å². The second kappa shape index (κ2) is 11.6. The van der Waals surface area contributed by atoms with Crippen LogP contribution in [0.2, 0.25) is 0 Å². The molecule has 1 heterocycles. The minimum Gasteiger partial charge on any atom is -0.343 e. The molecule has 11 heteroatoms. The second-order valence-corrected chi connectivity index (χ2v) is 7.24. The third-order valence-electron chi connectivity index (χ3n) is 4.87. The molecule has 2 atom stereocenters. The van der Waals surface area contributed by atoms with Crippen molar-refractivity contribution in [3.05, 3.63) is 53.3 Å². The molecule has 0 saturated heterocycles. The number of hydrogen-bond donors (Lipinski definition) is 4. The van der Waals surface area contributed by atoms with Crippen LogP contribution in [-0.4, -0.2) is 50.7 Å². The smallest absolute Gasteiger partial charge is 0.268 e. The number of aromatic nitrogens is 2. The van der Waals surface area contributed by atoms with E-state index in [1.54, 1.807) is 24.1 Å². The van der Waals surface area contributed by atoms with Crippen LogP contribution in [0, 0.1) is 23.7 Å². The van der Waals surface area contributed by atoms with Gasteiger partial charge in [-0.3, -0.25) is 24.3 Å². The van der Waals surface area contributed by atoms with Gasteiger partial charge in [-0.25, -0.2) is 14.3 Å². The summed E-state index contributed by atoms with van der Waals surface area (Å²) in [7, 11) is 1.77. The third-order valence-corrected chi connectivity index (χ3v) is 4.87. The minimum absolute atomic E-state index is 0.0461. The summed E-state index contributed by atoms with van der Waals surface area (Å²) in [6.45, 7) is 2.32. The standard InChI is InChI=1S/C23H23F2N5O4/c1-4-23(22(24)25,28-15(2)31)19(21(33)29-34)27-20(32)18-11-9-16(10-12-18)7-5-6-8-17-13-26-30(3)14-17/h9-14,19,22,34H,4H2,1-3H3,(H,27,32)(H,28,31)(H,29,33). The van der Waals surface area contributed by atoms with Crippen molar-refractivity contribution < 1.29 is 28.4 Å². The zero-order chi connectivity index (χ0) is 25.3. The Kier molecular flexibility index (Phi) is 8.87. The molecule has 178 valence electrons. The molecule has 0 aliphatic rings. The molecule has 34 heavy (non-hydrogen) atoms. The fraction of sp³-hybridized carbons (Fsp3) is 0.304. The highest BCUT2D eigenvalue weighted by Gasteiger charge is 2.50. The van der Waals surface area contributed by atoms with Crippen molar-refractivity contribution in [3.8, 4) is 23.7 Å². The number of hydrogen-bond acceptors (Lipinski definition) is 5. The van der Waals surface area contributed by atoms with Crippen LogP contribution in [0.5, 0.6) is 0 Å². The fourth-order valence-electron chi connectivity index (χ4n) is 3.13. The molecule has 9 nitrogen and oxygen atoms in total. The Morgan fingerprint density at radius 3 is 2.24 bits per heavy atom. The molecule has 0 bridgehead atoms. The van der Waals surface area contributed by atoms with Crippen molar-refractivity contribution in [2.45, 2.75) is 38.3 Å². The lowest BCUT2D eigenvalue weighted by Crippen LogP contribution is -2.69. The topological polar surface area (TPSA) is 125 Å². The van der Waals surface area contributed by atoms with Crippen LogP contribution in [0.25, 0.3) is 0 Å². The average molecular weight is 471 g/mol. The normalized spacial score (nSPS) is 12.8. The molecule has 4 N–H and O–H groups in total. The number of rotatable bonds is 7. The van der Waals surface area contributed by atoms with Gasteiger partial charge < -0.3 is 10.6 Å². The van der Waals surface area contributed by atoms with Crippen LogP contribution < -0.4 is 16.1 Å². The van der Waals surface area contributed by atoms with E-state index in [0.29, 0.717) is 11.1 Å². The summed E-state index contributed by atoms with van der Waals surface area (Å²) in [6, 6.07) is 3.85. The molecule has 0 aliphatic heterocycles. The van der Waals surface area contributed by atoms with Crippen LogP contribution in [0.4, 0.5) is 8.78 Å². The number of carbonyl (C=O) groups is 3. The second-order valence-electron chi connectivity index (χ2n) is 7.24. The molecule has 1 aromatic heterocycles. The predicted molar refractivity (Wildman–Crippen MR) is 117 cm³/mol. The molecule has 0 fully saturated rings. The number of benzene rings is 1. The van der Waals surface area contributed by atoms with Gasteiger partial charge in [-0.2, -0.15) is 5.10 Å². The van der Waals surface area contributed by atoms with Crippen LogP contribution in [0.15, 0.2) is 36.7 Å². The Bertz CT molecular complexity index is 1170. The highest BCUT2D eigenvalue weighted by Crippen LogP contribution is 2.25. The van der Waals surface area contributed by atoms with Crippen molar-refractivity contribution in [2.24, 2.45) is 7.05 Å². The lowest BCUT2D eigenvalue weighted by molar-refractivity contribution is -0.138. The molecule has 0 spiro atoms. The monoisotopic (exact) mass is 471 g/mol.